The van der Waals surface area contributed by atoms with E-state index in [0.29, 0.717) is 18.9 Å². The summed E-state index contributed by atoms with van der Waals surface area (Å²) in [6.07, 6.45) is 1.96. The van der Waals surface area contributed by atoms with Gasteiger partial charge in [-0.1, -0.05) is 0 Å². The molecule has 0 fully saturated rings. The fourth-order valence-electron chi connectivity index (χ4n) is 1.23. The molecular weight excluding hydrogens is 220 g/mol. The van der Waals surface area contributed by atoms with Gasteiger partial charge in [-0.05, 0) is 13.8 Å². The second-order valence-electron chi connectivity index (χ2n) is 3.67. The summed E-state index contributed by atoms with van der Waals surface area (Å²) in [6, 6.07) is 1.84. The van der Waals surface area contributed by atoms with Gasteiger partial charge in [0.2, 0.25) is 11.8 Å². The van der Waals surface area contributed by atoms with Gasteiger partial charge < -0.3 is 9.73 Å². The van der Waals surface area contributed by atoms with Gasteiger partial charge in [0.05, 0.1) is 31.3 Å². The van der Waals surface area contributed by atoms with Crippen molar-refractivity contribution in [2.45, 2.75) is 26.3 Å². The molecule has 1 aromatic heterocycles. The average Bonchev–Trinajstić information content (AvgIpc) is 2.73. The minimum absolute atomic E-state index is 0.120. The highest BCUT2D eigenvalue weighted by Crippen LogP contribution is 2.10. The number of aromatic nitrogens is 1. The van der Waals surface area contributed by atoms with Gasteiger partial charge in [0.15, 0.2) is 0 Å². The van der Waals surface area contributed by atoms with E-state index in [4.69, 9.17) is 9.68 Å². The van der Waals surface area contributed by atoms with E-state index in [2.05, 4.69) is 15.6 Å². The molecule has 0 aliphatic carbocycles. The topological polar surface area (TPSA) is 91.0 Å². The summed E-state index contributed by atoms with van der Waals surface area (Å²) in [5.74, 6) is 1.16. The van der Waals surface area contributed by atoms with E-state index in [-0.39, 0.29) is 18.5 Å². The Bertz CT molecular complexity index is 408. The second-order valence-corrected chi connectivity index (χ2v) is 3.67. The summed E-state index contributed by atoms with van der Waals surface area (Å²) in [4.78, 5) is 15.4. The van der Waals surface area contributed by atoms with Gasteiger partial charge >= 0.3 is 0 Å². The van der Waals surface area contributed by atoms with E-state index in [0.717, 1.165) is 5.76 Å². The first kappa shape index (κ1) is 13.2. The Labute approximate surface area is 100 Å². The zero-order valence-electron chi connectivity index (χ0n) is 9.99. The number of rotatable bonds is 6. The van der Waals surface area contributed by atoms with Crippen LogP contribution in [0.15, 0.2) is 10.6 Å². The summed E-state index contributed by atoms with van der Waals surface area (Å²) >= 11 is 0. The second kappa shape index (κ2) is 6.66. The summed E-state index contributed by atoms with van der Waals surface area (Å²) in [5, 5.41) is 13.9. The quantitative estimate of drug-likeness (QED) is 0.708. The van der Waals surface area contributed by atoms with Crippen LogP contribution in [-0.2, 0) is 4.79 Å². The maximum atomic E-state index is 11.3. The van der Waals surface area contributed by atoms with E-state index >= 15 is 0 Å². The molecule has 6 nitrogen and oxygen atoms in total. The number of carbonyl (C=O) groups excluding carboxylic acids is 1. The van der Waals surface area contributed by atoms with Crippen LogP contribution in [0.3, 0.4) is 0 Å². The largest absolute Gasteiger partial charge is 0.444 e. The summed E-state index contributed by atoms with van der Waals surface area (Å²) in [5.41, 5.74) is 0. The van der Waals surface area contributed by atoms with Crippen LogP contribution >= 0.6 is 0 Å². The lowest BCUT2D eigenvalue weighted by atomic mass is 10.3. The zero-order chi connectivity index (χ0) is 12.7. The van der Waals surface area contributed by atoms with Crippen LogP contribution in [0, 0.1) is 18.3 Å². The number of hydrogen-bond acceptors (Lipinski definition) is 5. The predicted molar refractivity (Wildman–Crippen MR) is 60.9 cm³/mol. The fourth-order valence-corrected chi connectivity index (χ4v) is 1.23. The lowest BCUT2D eigenvalue weighted by Gasteiger charge is -2.09. The maximum absolute atomic E-state index is 11.3. The Balaban J connectivity index is 2.26. The first-order valence-electron chi connectivity index (χ1n) is 5.43. The highest BCUT2D eigenvalue weighted by atomic mass is 16.4. The first-order chi connectivity index (χ1) is 8.13. The van der Waals surface area contributed by atoms with Gasteiger partial charge in [-0.25, -0.2) is 4.98 Å². The van der Waals surface area contributed by atoms with Gasteiger partial charge in [0.1, 0.15) is 5.76 Å². The molecule has 0 aliphatic rings. The molecule has 17 heavy (non-hydrogen) atoms. The highest BCUT2D eigenvalue weighted by Gasteiger charge is 2.11. The normalized spacial score (nSPS) is 11.8. The SMILES string of the molecule is Cc1cnc(C(C)NCC(=O)NCCC#N)o1. The van der Waals surface area contributed by atoms with Crippen molar-refractivity contribution in [3.63, 3.8) is 0 Å². The van der Waals surface area contributed by atoms with Crippen LogP contribution in [0.1, 0.15) is 31.0 Å². The molecule has 92 valence electrons. The van der Waals surface area contributed by atoms with Crippen LogP contribution in [0.2, 0.25) is 0 Å². The number of nitriles is 1. The van der Waals surface area contributed by atoms with E-state index in [9.17, 15) is 4.79 Å². The number of amides is 1. The van der Waals surface area contributed by atoms with E-state index in [1.807, 2.05) is 19.9 Å². The van der Waals surface area contributed by atoms with Gasteiger partial charge in [-0.2, -0.15) is 5.26 Å². The third kappa shape index (κ3) is 4.66. The van der Waals surface area contributed by atoms with Crippen LogP contribution in [0.25, 0.3) is 0 Å². The number of aryl methyl sites for hydroxylation is 1. The predicted octanol–water partition coefficient (Wildman–Crippen LogP) is 0.664. The number of nitrogens with zero attached hydrogens (tertiary/aromatic N) is 2. The number of oxazole rings is 1. The molecule has 0 aliphatic heterocycles. The molecule has 0 spiro atoms. The van der Waals surface area contributed by atoms with Crippen LogP contribution < -0.4 is 10.6 Å². The summed E-state index contributed by atoms with van der Waals surface area (Å²) in [7, 11) is 0. The first-order valence-corrected chi connectivity index (χ1v) is 5.43. The van der Waals surface area contributed by atoms with Crippen molar-refractivity contribution in [1.29, 1.82) is 5.26 Å². The van der Waals surface area contributed by atoms with Crippen LogP contribution in [0.4, 0.5) is 0 Å². The van der Waals surface area contributed by atoms with Crippen LogP contribution in [-0.4, -0.2) is 24.0 Å². The van der Waals surface area contributed by atoms with Crippen LogP contribution in [0.5, 0.6) is 0 Å². The molecular formula is C11H16N4O2. The molecule has 0 bridgehead atoms. The van der Waals surface area contributed by atoms with E-state index in [1.165, 1.54) is 0 Å². The Morgan fingerprint density at radius 1 is 1.71 bits per heavy atom. The molecule has 1 rings (SSSR count). The van der Waals surface area contributed by atoms with Crippen molar-refractivity contribution in [3.8, 4) is 6.07 Å². The van der Waals surface area contributed by atoms with Crippen molar-refractivity contribution >= 4 is 5.91 Å². The molecule has 1 unspecified atom stereocenters. The van der Waals surface area contributed by atoms with Crippen molar-refractivity contribution in [1.82, 2.24) is 15.6 Å². The van der Waals surface area contributed by atoms with Crippen molar-refractivity contribution in [2.24, 2.45) is 0 Å². The van der Waals surface area contributed by atoms with Gasteiger partial charge in [-0.15, -0.1) is 0 Å². The third-order valence-corrected chi connectivity index (χ3v) is 2.14. The maximum Gasteiger partial charge on any atom is 0.234 e. The minimum Gasteiger partial charge on any atom is -0.444 e. The van der Waals surface area contributed by atoms with Gasteiger partial charge in [-0.3, -0.25) is 10.1 Å². The summed E-state index contributed by atoms with van der Waals surface area (Å²) < 4.78 is 5.33. The Kier molecular flexibility index (Phi) is 5.17. The number of hydrogen-bond donors (Lipinski definition) is 2. The zero-order valence-corrected chi connectivity index (χ0v) is 9.99. The Morgan fingerprint density at radius 3 is 3.06 bits per heavy atom. The molecule has 1 heterocycles. The van der Waals surface area contributed by atoms with Crippen molar-refractivity contribution < 1.29 is 9.21 Å². The fraction of sp³-hybridized carbons (Fsp3) is 0.545. The molecule has 0 saturated carbocycles. The standard InChI is InChI=1S/C11H16N4O2/c1-8-6-15-11(17-8)9(2)14-7-10(16)13-5-3-4-12/h6,9,14H,3,5,7H2,1-2H3,(H,13,16). The number of carbonyl (C=O) groups is 1. The summed E-state index contributed by atoms with van der Waals surface area (Å²) in [6.45, 7) is 4.24. The molecule has 1 atom stereocenters. The molecule has 1 amide bonds. The molecule has 0 radical (unpaired) electrons. The molecule has 2 N–H and O–H groups in total. The molecule has 0 saturated heterocycles. The molecule has 0 aromatic carbocycles. The van der Waals surface area contributed by atoms with Crippen molar-refractivity contribution in [3.05, 3.63) is 17.8 Å². The smallest absolute Gasteiger partial charge is 0.234 e. The highest BCUT2D eigenvalue weighted by molar-refractivity contribution is 5.77. The van der Waals surface area contributed by atoms with Gasteiger partial charge in [0.25, 0.3) is 0 Å². The Hall–Kier alpha value is -1.87. The minimum atomic E-state index is -0.143. The lowest BCUT2D eigenvalue weighted by molar-refractivity contribution is -0.120. The molecule has 6 heteroatoms. The van der Waals surface area contributed by atoms with Gasteiger partial charge in [0, 0.05) is 6.54 Å². The van der Waals surface area contributed by atoms with E-state index < -0.39 is 0 Å². The number of nitrogens with one attached hydrogen (secondary N) is 2. The molecule has 1 aromatic rings. The van der Waals surface area contributed by atoms with Crippen molar-refractivity contribution in [2.75, 3.05) is 13.1 Å². The average molecular weight is 236 g/mol. The monoisotopic (exact) mass is 236 g/mol. The Morgan fingerprint density at radius 2 is 2.47 bits per heavy atom. The lowest BCUT2D eigenvalue weighted by Crippen LogP contribution is -2.35. The van der Waals surface area contributed by atoms with E-state index in [1.54, 1.807) is 6.20 Å². The third-order valence-electron chi connectivity index (χ3n) is 2.14.